The summed E-state index contributed by atoms with van der Waals surface area (Å²) in [5, 5.41) is 16.0. The molecule has 1 amide bonds. The van der Waals surface area contributed by atoms with Crippen molar-refractivity contribution in [3.63, 3.8) is 0 Å². The van der Waals surface area contributed by atoms with Gasteiger partial charge in [0.2, 0.25) is 0 Å². The smallest absolute Gasteiger partial charge is 0.434 e. The molecule has 4 rings (SSSR count). The summed E-state index contributed by atoms with van der Waals surface area (Å²) in [5.74, 6) is 0.471. The number of nitrogens with two attached hydrogens (primary N) is 1. The van der Waals surface area contributed by atoms with Gasteiger partial charge in [-0.3, -0.25) is 10.2 Å². The lowest BCUT2D eigenvalue weighted by Gasteiger charge is -2.30. The first-order valence-electron chi connectivity index (χ1n) is 11.0. The predicted octanol–water partition coefficient (Wildman–Crippen LogP) is 5.99. The Morgan fingerprint density at radius 1 is 1.31 bits per heavy atom. The van der Waals surface area contributed by atoms with Crippen molar-refractivity contribution in [1.82, 2.24) is 20.1 Å². The Hall–Kier alpha value is -2.77. The van der Waals surface area contributed by atoms with E-state index in [1.807, 2.05) is 0 Å². The number of likely N-dealkylation sites (tertiary alicyclic amines) is 1. The molecule has 1 fully saturated rings. The van der Waals surface area contributed by atoms with Gasteiger partial charge in [-0.2, -0.15) is 18.3 Å². The molecule has 8 nitrogen and oxygen atoms in total. The highest BCUT2D eigenvalue weighted by molar-refractivity contribution is 7.97. The number of alkyl halides is 3. The minimum Gasteiger partial charge on any atom is -0.447 e. The van der Waals surface area contributed by atoms with E-state index < -0.39 is 18.0 Å². The highest BCUT2D eigenvalue weighted by Crippen LogP contribution is 2.46. The second kappa shape index (κ2) is 10.5. The van der Waals surface area contributed by atoms with Crippen LogP contribution < -0.4 is 10.5 Å². The summed E-state index contributed by atoms with van der Waals surface area (Å²) in [5.41, 5.74) is 0.121. The van der Waals surface area contributed by atoms with E-state index in [4.69, 9.17) is 9.88 Å². The van der Waals surface area contributed by atoms with Gasteiger partial charge in [-0.05, 0) is 50.8 Å². The van der Waals surface area contributed by atoms with Crippen molar-refractivity contribution in [2.75, 3.05) is 18.4 Å². The Labute approximate surface area is 208 Å². The van der Waals surface area contributed by atoms with Crippen LogP contribution in [0.25, 0.3) is 10.4 Å². The van der Waals surface area contributed by atoms with Gasteiger partial charge >= 0.3 is 12.3 Å². The zero-order valence-corrected chi connectivity index (χ0v) is 20.7. The Kier molecular flexibility index (Phi) is 7.57. The van der Waals surface area contributed by atoms with Gasteiger partial charge in [0.15, 0.2) is 5.69 Å². The molecule has 0 bridgehead atoms. The highest BCUT2D eigenvalue weighted by Gasteiger charge is 2.40. The van der Waals surface area contributed by atoms with E-state index in [0.717, 1.165) is 23.3 Å². The molecule has 4 N–H and O–H groups in total. The molecular formula is C22H25F3N6O2S2. The number of carbonyl (C=O) groups is 1. The zero-order chi connectivity index (χ0) is 25.2. The normalized spacial score (nSPS) is 15.0. The maximum absolute atomic E-state index is 14.0. The minimum atomic E-state index is -4.62. The van der Waals surface area contributed by atoms with Crippen LogP contribution in [-0.4, -0.2) is 45.4 Å². The number of rotatable bonds is 6. The van der Waals surface area contributed by atoms with Crippen molar-refractivity contribution >= 4 is 40.9 Å². The summed E-state index contributed by atoms with van der Waals surface area (Å²) in [7, 11) is 0. The van der Waals surface area contributed by atoms with Crippen molar-refractivity contribution in [2.45, 2.75) is 49.8 Å². The molecule has 0 saturated carbocycles. The first-order chi connectivity index (χ1) is 16.7. The Bertz CT molecular complexity index is 1160. The molecule has 1 aliphatic rings. The van der Waals surface area contributed by atoms with Gasteiger partial charge in [0, 0.05) is 41.2 Å². The number of nitrogens with one attached hydrogen (secondary N) is 2. The quantitative estimate of drug-likeness (QED) is 0.339. The Morgan fingerprint density at radius 3 is 2.66 bits per heavy atom. The summed E-state index contributed by atoms with van der Waals surface area (Å²) in [6.07, 6.45) is -2.63. The molecule has 188 valence electrons. The van der Waals surface area contributed by atoms with Crippen LogP contribution in [0, 0.1) is 0 Å². The van der Waals surface area contributed by atoms with Gasteiger partial charge in [-0.1, -0.05) is 6.07 Å². The monoisotopic (exact) mass is 526 g/mol. The van der Waals surface area contributed by atoms with Crippen molar-refractivity contribution in [1.29, 1.82) is 0 Å². The minimum absolute atomic E-state index is 0.0372. The molecular weight excluding hydrogens is 501 g/mol. The molecule has 0 atom stereocenters. The molecule has 0 unspecified atom stereocenters. The second-order valence-corrected chi connectivity index (χ2v) is 10.1. The molecule has 13 heteroatoms. The number of aromatic amines is 1. The maximum atomic E-state index is 14.0. The van der Waals surface area contributed by atoms with Crippen molar-refractivity contribution in [3.05, 3.63) is 41.2 Å². The molecule has 3 heterocycles. The first-order valence-corrected chi connectivity index (χ1v) is 12.7. The van der Waals surface area contributed by atoms with E-state index in [9.17, 15) is 18.0 Å². The number of ether oxygens (including phenoxy) is 1. The number of benzene rings is 1. The number of piperidine rings is 1. The van der Waals surface area contributed by atoms with E-state index >= 15 is 0 Å². The number of hydrogen-bond donors (Lipinski definition) is 3. The number of hydrogen-bond acceptors (Lipinski definition) is 8. The molecule has 1 aliphatic heterocycles. The predicted molar refractivity (Wildman–Crippen MR) is 130 cm³/mol. The number of amides is 1. The third kappa shape index (κ3) is 5.90. The van der Waals surface area contributed by atoms with E-state index in [-0.39, 0.29) is 16.9 Å². The van der Waals surface area contributed by atoms with Gasteiger partial charge < -0.3 is 15.0 Å². The van der Waals surface area contributed by atoms with Crippen LogP contribution in [0.15, 0.2) is 35.4 Å². The van der Waals surface area contributed by atoms with Crippen molar-refractivity contribution in [3.8, 4) is 10.4 Å². The third-order valence-electron chi connectivity index (χ3n) is 5.48. The standard InChI is InChI=1S/C22H25F3N6O2S2/c1-12(2)33-21(32)31-9-6-13(7-10-31)20-29-19(22(23,24)25)18(34-20)15-4-3-14(11-16(15)35-26)28-17-5-8-27-30-17/h3-5,8,11-13H,6-7,9-10,26H2,1-2H3,(H2,27,28,30). The number of carbonyl (C=O) groups excluding carboxylic acids is 1. The summed E-state index contributed by atoms with van der Waals surface area (Å²) in [6, 6.07) is 6.73. The lowest BCUT2D eigenvalue weighted by atomic mass is 9.98. The summed E-state index contributed by atoms with van der Waals surface area (Å²) < 4.78 is 47.2. The zero-order valence-electron chi connectivity index (χ0n) is 19.1. The number of thiazole rings is 1. The largest absolute Gasteiger partial charge is 0.447 e. The van der Waals surface area contributed by atoms with E-state index in [2.05, 4.69) is 20.5 Å². The molecule has 35 heavy (non-hydrogen) atoms. The fourth-order valence-corrected chi connectivity index (χ4v) is 5.69. The summed E-state index contributed by atoms with van der Waals surface area (Å²) >= 11 is 1.91. The molecule has 0 radical (unpaired) electrons. The Morgan fingerprint density at radius 2 is 2.06 bits per heavy atom. The lowest BCUT2D eigenvalue weighted by molar-refractivity contribution is -0.140. The summed E-state index contributed by atoms with van der Waals surface area (Å²) in [4.78, 5) is 18.3. The highest BCUT2D eigenvalue weighted by atomic mass is 32.2. The van der Waals surface area contributed by atoms with Gasteiger partial charge in [-0.25, -0.2) is 9.78 Å². The average molecular weight is 527 g/mol. The van der Waals surface area contributed by atoms with Crippen molar-refractivity contribution < 1.29 is 22.7 Å². The van der Waals surface area contributed by atoms with Crippen LogP contribution in [0.5, 0.6) is 0 Å². The molecule has 0 spiro atoms. The fourth-order valence-electron chi connectivity index (χ4n) is 3.84. The third-order valence-corrected chi connectivity index (χ3v) is 7.33. The summed E-state index contributed by atoms with van der Waals surface area (Å²) in [6.45, 7) is 4.36. The first kappa shape index (κ1) is 25.3. The van der Waals surface area contributed by atoms with E-state index in [1.54, 1.807) is 49.2 Å². The van der Waals surface area contributed by atoms with Crippen LogP contribution in [0.4, 0.5) is 29.5 Å². The van der Waals surface area contributed by atoms with E-state index in [0.29, 0.717) is 52.9 Å². The Balaban J connectivity index is 1.59. The van der Waals surface area contributed by atoms with Gasteiger partial charge in [0.25, 0.3) is 0 Å². The maximum Gasteiger partial charge on any atom is 0.434 e. The van der Waals surface area contributed by atoms with Crippen LogP contribution in [0.1, 0.15) is 43.3 Å². The van der Waals surface area contributed by atoms with Crippen LogP contribution >= 0.6 is 23.3 Å². The fraction of sp³-hybridized carbons (Fsp3) is 0.409. The van der Waals surface area contributed by atoms with Gasteiger partial charge in [0.1, 0.15) is 5.82 Å². The number of nitrogens with zero attached hydrogens (tertiary/aromatic N) is 3. The number of H-pyrrole nitrogens is 1. The van der Waals surface area contributed by atoms with Crippen LogP contribution in [-0.2, 0) is 10.9 Å². The molecule has 1 aromatic carbocycles. The average Bonchev–Trinajstić information content (AvgIpc) is 3.49. The SMILES string of the molecule is CC(C)OC(=O)N1CCC(c2nc(C(F)(F)F)c(-c3ccc(Nc4ccn[nH]4)cc3SN)s2)CC1. The topological polar surface area (TPSA) is 109 Å². The molecule has 2 aromatic heterocycles. The van der Waals surface area contributed by atoms with Crippen LogP contribution in [0.2, 0.25) is 0 Å². The van der Waals surface area contributed by atoms with Crippen molar-refractivity contribution in [2.24, 2.45) is 5.14 Å². The number of anilines is 2. The van der Waals surface area contributed by atoms with Gasteiger partial charge in [-0.15, -0.1) is 11.3 Å². The lowest BCUT2D eigenvalue weighted by Crippen LogP contribution is -2.39. The molecule has 3 aromatic rings. The van der Waals surface area contributed by atoms with Gasteiger partial charge in [0.05, 0.1) is 22.2 Å². The van der Waals surface area contributed by atoms with Crippen LogP contribution in [0.3, 0.4) is 0 Å². The molecule has 1 saturated heterocycles. The molecule has 0 aliphatic carbocycles. The number of aromatic nitrogens is 3. The van der Waals surface area contributed by atoms with E-state index in [1.165, 1.54) is 0 Å². The second-order valence-electron chi connectivity index (χ2n) is 8.35. The number of halogens is 3.